The summed E-state index contributed by atoms with van der Waals surface area (Å²) in [6, 6.07) is 0. The van der Waals surface area contributed by atoms with Crippen LogP contribution in [0.4, 0.5) is 0 Å². The minimum absolute atomic E-state index is 0.0151. The number of rotatable bonds is 7. The van der Waals surface area contributed by atoms with Crippen LogP contribution in [0.3, 0.4) is 0 Å². The second kappa shape index (κ2) is 8.94. The molecule has 0 aromatic heterocycles. The summed E-state index contributed by atoms with van der Waals surface area (Å²) in [6.07, 6.45) is 14.2. The highest BCUT2D eigenvalue weighted by atomic mass is 16.5. The summed E-state index contributed by atoms with van der Waals surface area (Å²) in [6.45, 7) is 8.64. The van der Waals surface area contributed by atoms with E-state index in [1.807, 2.05) is 0 Å². The first-order chi connectivity index (χ1) is 14.4. The molecule has 7 atom stereocenters. The predicted molar refractivity (Wildman–Crippen MR) is 120 cm³/mol. The Morgan fingerprint density at radius 1 is 1.17 bits per heavy atom. The van der Waals surface area contributed by atoms with E-state index in [0.29, 0.717) is 17.9 Å². The minimum Gasteiger partial charge on any atom is -0.393 e. The van der Waals surface area contributed by atoms with Crippen molar-refractivity contribution in [1.82, 2.24) is 5.32 Å². The van der Waals surface area contributed by atoms with Crippen molar-refractivity contribution in [1.29, 1.82) is 0 Å². The SMILES string of the molecule is CCCCNC(=O)COCC1C=C2CCC3C(CCC4(C)C(O)CCC34)C2(C)CC1. The predicted octanol–water partition coefficient (Wildman–Crippen LogP) is 4.86. The first-order valence-electron chi connectivity index (χ1n) is 12.6. The molecule has 0 heterocycles. The van der Waals surface area contributed by atoms with Gasteiger partial charge in [0.15, 0.2) is 0 Å². The lowest BCUT2D eigenvalue weighted by Crippen LogP contribution is -2.51. The lowest BCUT2D eigenvalue weighted by atomic mass is 9.47. The fourth-order valence-corrected chi connectivity index (χ4v) is 7.66. The summed E-state index contributed by atoms with van der Waals surface area (Å²) < 4.78 is 5.78. The standard InChI is InChI=1S/C26H43NO3/c1-4-5-14-27-24(29)17-30-16-18-10-12-25(2)19(15-18)6-7-20-21-8-9-23(28)26(21,3)13-11-22(20)25/h15,18,20-23,28H,4-14,16-17H2,1-3H3,(H,27,29). The van der Waals surface area contributed by atoms with Gasteiger partial charge in [-0.3, -0.25) is 4.79 Å². The number of nitrogens with one attached hydrogen (secondary N) is 1. The van der Waals surface area contributed by atoms with Gasteiger partial charge in [0.2, 0.25) is 5.91 Å². The molecule has 0 aromatic rings. The van der Waals surface area contributed by atoms with Crippen LogP contribution in [0.15, 0.2) is 11.6 Å². The number of aliphatic hydroxyl groups excluding tert-OH is 1. The summed E-state index contributed by atoms with van der Waals surface area (Å²) in [5.74, 6) is 2.77. The Morgan fingerprint density at radius 2 is 2.00 bits per heavy atom. The van der Waals surface area contributed by atoms with Crippen molar-refractivity contribution in [2.45, 2.75) is 91.1 Å². The van der Waals surface area contributed by atoms with Gasteiger partial charge < -0.3 is 15.2 Å². The zero-order valence-corrected chi connectivity index (χ0v) is 19.4. The number of ether oxygens (including phenoxy) is 1. The molecule has 2 N–H and O–H groups in total. The fraction of sp³-hybridized carbons (Fsp3) is 0.885. The first-order valence-corrected chi connectivity index (χ1v) is 12.6. The van der Waals surface area contributed by atoms with Gasteiger partial charge >= 0.3 is 0 Å². The van der Waals surface area contributed by atoms with E-state index >= 15 is 0 Å². The quantitative estimate of drug-likeness (QED) is 0.459. The summed E-state index contributed by atoms with van der Waals surface area (Å²) in [7, 11) is 0. The monoisotopic (exact) mass is 417 g/mol. The van der Waals surface area contributed by atoms with Gasteiger partial charge in [0.1, 0.15) is 6.61 Å². The average molecular weight is 418 g/mol. The zero-order chi connectivity index (χ0) is 21.4. The maximum atomic E-state index is 11.9. The van der Waals surface area contributed by atoms with Crippen molar-refractivity contribution in [3.05, 3.63) is 11.6 Å². The van der Waals surface area contributed by atoms with E-state index in [1.165, 1.54) is 44.9 Å². The molecule has 30 heavy (non-hydrogen) atoms. The molecule has 4 aliphatic carbocycles. The number of carbonyl (C=O) groups excluding carboxylic acids is 1. The number of hydrogen-bond acceptors (Lipinski definition) is 3. The van der Waals surface area contributed by atoms with E-state index in [4.69, 9.17) is 4.74 Å². The molecule has 0 radical (unpaired) electrons. The third-order valence-corrected chi connectivity index (χ3v) is 9.57. The van der Waals surface area contributed by atoms with Gasteiger partial charge in [-0.2, -0.15) is 0 Å². The maximum absolute atomic E-state index is 11.9. The first kappa shape index (κ1) is 22.3. The van der Waals surface area contributed by atoms with E-state index in [9.17, 15) is 9.90 Å². The van der Waals surface area contributed by atoms with Crippen molar-refractivity contribution >= 4 is 5.91 Å². The van der Waals surface area contributed by atoms with Gasteiger partial charge in [-0.1, -0.05) is 38.8 Å². The van der Waals surface area contributed by atoms with E-state index in [-0.39, 0.29) is 24.0 Å². The molecule has 0 bridgehead atoms. The summed E-state index contributed by atoms with van der Waals surface area (Å²) in [5, 5.41) is 13.6. The second-order valence-electron chi connectivity index (χ2n) is 11.2. The fourth-order valence-electron chi connectivity index (χ4n) is 7.66. The summed E-state index contributed by atoms with van der Waals surface area (Å²) in [4.78, 5) is 11.9. The Labute approximate surface area is 183 Å². The molecule has 0 saturated heterocycles. The molecule has 7 unspecified atom stereocenters. The second-order valence-corrected chi connectivity index (χ2v) is 11.2. The highest BCUT2D eigenvalue weighted by Gasteiger charge is 2.58. The molecule has 0 spiro atoms. The van der Waals surface area contributed by atoms with E-state index in [2.05, 4.69) is 32.2 Å². The van der Waals surface area contributed by atoms with Crippen LogP contribution in [0, 0.1) is 34.5 Å². The summed E-state index contributed by atoms with van der Waals surface area (Å²) >= 11 is 0. The molecule has 4 heteroatoms. The number of hydrogen-bond donors (Lipinski definition) is 2. The molecule has 0 aliphatic heterocycles. The number of allylic oxidation sites excluding steroid dienone is 1. The average Bonchev–Trinajstić information content (AvgIpc) is 3.03. The lowest BCUT2D eigenvalue weighted by molar-refractivity contribution is -0.126. The van der Waals surface area contributed by atoms with Crippen LogP contribution in [-0.2, 0) is 9.53 Å². The van der Waals surface area contributed by atoms with Gasteiger partial charge in [-0.25, -0.2) is 0 Å². The van der Waals surface area contributed by atoms with Crippen LogP contribution in [0.25, 0.3) is 0 Å². The molecule has 4 aliphatic rings. The van der Waals surface area contributed by atoms with Gasteiger partial charge in [0.25, 0.3) is 0 Å². The van der Waals surface area contributed by atoms with E-state index in [0.717, 1.165) is 43.6 Å². The number of fused-ring (bicyclic) bond motifs is 5. The smallest absolute Gasteiger partial charge is 0.245 e. The van der Waals surface area contributed by atoms with Crippen LogP contribution in [0.1, 0.15) is 85.0 Å². The maximum Gasteiger partial charge on any atom is 0.245 e. The minimum atomic E-state index is -0.0831. The molecule has 3 saturated carbocycles. The number of unbranched alkanes of at least 4 members (excludes halogenated alkanes) is 1. The highest BCUT2D eigenvalue weighted by Crippen LogP contribution is 2.65. The molecule has 1 amide bonds. The molecular formula is C26H43NO3. The van der Waals surface area contributed by atoms with Crippen molar-refractivity contribution in [3.63, 3.8) is 0 Å². The van der Waals surface area contributed by atoms with Crippen LogP contribution in [0.5, 0.6) is 0 Å². The lowest BCUT2D eigenvalue weighted by Gasteiger charge is -2.58. The van der Waals surface area contributed by atoms with Gasteiger partial charge in [-0.15, -0.1) is 0 Å². The molecule has 4 nitrogen and oxygen atoms in total. The largest absolute Gasteiger partial charge is 0.393 e. The van der Waals surface area contributed by atoms with E-state index < -0.39 is 0 Å². The van der Waals surface area contributed by atoms with Crippen LogP contribution < -0.4 is 5.32 Å². The number of amides is 1. The van der Waals surface area contributed by atoms with Gasteiger partial charge in [0.05, 0.1) is 12.7 Å². The van der Waals surface area contributed by atoms with E-state index in [1.54, 1.807) is 5.57 Å². The molecule has 3 fully saturated rings. The Kier molecular flexibility index (Phi) is 6.65. The number of carbonyl (C=O) groups is 1. The third kappa shape index (κ3) is 3.99. The number of aliphatic hydroxyl groups is 1. The Balaban J connectivity index is 1.34. The third-order valence-electron chi connectivity index (χ3n) is 9.57. The van der Waals surface area contributed by atoms with Crippen LogP contribution >= 0.6 is 0 Å². The normalized spacial score (nSPS) is 42.7. The van der Waals surface area contributed by atoms with Crippen LogP contribution in [0.2, 0.25) is 0 Å². The highest BCUT2D eigenvalue weighted by molar-refractivity contribution is 5.77. The Morgan fingerprint density at radius 3 is 2.80 bits per heavy atom. The molecule has 4 rings (SSSR count). The van der Waals surface area contributed by atoms with Crippen molar-refractivity contribution in [2.24, 2.45) is 34.5 Å². The van der Waals surface area contributed by atoms with Gasteiger partial charge in [0, 0.05) is 12.5 Å². The molecule has 170 valence electrons. The van der Waals surface area contributed by atoms with Crippen LogP contribution in [-0.4, -0.2) is 36.9 Å². The topological polar surface area (TPSA) is 58.6 Å². The Hall–Kier alpha value is -0.870. The summed E-state index contributed by atoms with van der Waals surface area (Å²) in [5.41, 5.74) is 2.17. The van der Waals surface area contributed by atoms with Crippen molar-refractivity contribution < 1.29 is 14.6 Å². The zero-order valence-electron chi connectivity index (χ0n) is 19.4. The molecule has 0 aromatic carbocycles. The Bertz CT molecular complexity index is 661. The van der Waals surface area contributed by atoms with Gasteiger partial charge in [-0.05, 0) is 86.4 Å². The van der Waals surface area contributed by atoms with Crippen molar-refractivity contribution in [3.8, 4) is 0 Å². The van der Waals surface area contributed by atoms with Crippen molar-refractivity contribution in [2.75, 3.05) is 19.8 Å². The molecular weight excluding hydrogens is 374 g/mol.